The van der Waals surface area contributed by atoms with Gasteiger partial charge in [-0.2, -0.15) is 4.31 Å². The van der Waals surface area contributed by atoms with Gasteiger partial charge in [-0.15, -0.1) is 12.4 Å². The highest BCUT2D eigenvalue weighted by atomic mass is 35.5. The number of halogens is 2. The van der Waals surface area contributed by atoms with Crippen molar-refractivity contribution >= 4 is 34.0 Å². The zero-order chi connectivity index (χ0) is 22.8. The first-order valence-corrected chi connectivity index (χ1v) is 11.9. The number of sulfonamides is 1. The molecule has 2 fully saturated rings. The van der Waals surface area contributed by atoms with Crippen molar-refractivity contribution in [2.45, 2.75) is 17.6 Å². The van der Waals surface area contributed by atoms with E-state index in [9.17, 15) is 22.8 Å². The van der Waals surface area contributed by atoms with E-state index in [0.717, 1.165) is 16.8 Å². The highest BCUT2D eigenvalue weighted by Gasteiger charge is 2.54. The predicted molar refractivity (Wildman–Crippen MR) is 125 cm³/mol. The molecule has 0 radical (unpaired) electrons. The molecule has 2 saturated heterocycles. The van der Waals surface area contributed by atoms with Crippen LogP contribution in [0.15, 0.2) is 48.5 Å². The number of hydrogen-bond donors (Lipinski definition) is 2. The molecule has 180 valence electrons. The SMILES string of the molecule is Cl.O=C(NO)C1(S(=O)(=O)N2CCN(c3ccc(-c4ccc(F)cc4)cc3)CC2)CCOCC1. The highest BCUT2D eigenvalue weighted by Crippen LogP contribution is 2.34. The molecule has 2 aliphatic heterocycles. The highest BCUT2D eigenvalue weighted by molar-refractivity contribution is 7.91. The van der Waals surface area contributed by atoms with Crippen molar-refractivity contribution in [2.75, 3.05) is 44.3 Å². The molecule has 1 amide bonds. The van der Waals surface area contributed by atoms with Gasteiger partial charge in [0.2, 0.25) is 10.0 Å². The summed E-state index contributed by atoms with van der Waals surface area (Å²) in [5.74, 6) is -1.18. The van der Waals surface area contributed by atoms with Gasteiger partial charge in [-0.1, -0.05) is 24.3 Å². The van der Waals surface area contributed by atoms with E-state index in [1.165, 1.54) is 16.4 Å². The van der Waals surface area contributed by atoms with E-state index in [2.05, 4.69) is 4.90 Å². The molecule has 33 heavy (non-hydrogen) atoms. The fraction of sp³-hybridized carbons (Fsp3) is 0.409. The third-order valence-corrected chi connectivity index (χ3v) is 8.92. The van der Waals surface area contributed by atoms with Crippen molar-refractivity contribution in [2.24, 2.45) is 0 Å². The molecule has 0 aliphatic carbocycles. The van der Waals surface area contributed by atoms with Crippen LogP contribution in [0.5, 0.6) is 0 Å². The van der Waals surface area contributed by atoms with Crippen molar-refractivity contribution in [1.29, 1.82) is 0 Å². The van der Waals surface area contributed by atoms with Gasteiger partial charge in [0.25, 0.3) is 5.91 Å². The lowest BCUT2D eigenvalue weighted by atomic mass is 9.98. The average molecular weight is 500 g/mol. The average Bonchev–Trinajstić information content (AvgIpc) is 2.84. The second-order valence-corrected chi connectivity index (χ2v) is 10.2. The monoisotopic (exact) mass is 499 g/mol. The largest absolute Gasteiger partial charge is 0.381 e. The van der Waals surface area contributed by atoms with Crippen LogP contribution in [0.3, 0.4) is 0 Å². The molecule has 2 heterocycles. The molecule has 0 spiro atoms. The first kappa shape index (κ1) is 25.4. The summed E-state index contributed by atoms with van der Waals surface area (Å²) in [6.07, 6.45) is 0.0135. The quantitative estimate of drug-likeness (QED) is 0.484. The standard InChI is InChI=1S/C22H26FN3O5S.ClH/c23-19-5-1-17(2-6-19)18-3-7-20(8-4-18)25-11-13-26(14-12-25)32(29,30)22(21(27)24-28)9-15-31-16-10-22;/h1-8,28H,9-16H2,(H,24,27);1H. The van der Waals surface area contributed by atoms with Crippen molar-refractivity contribution < 1.29 is 27.5 Å². The van der Waals surface area contributed by atoms with Crippen LogP contribution < -0.4 is 10.4 Å². The molecular formula is C22H27ClFN3O5S. The fourth-order valence-corrected chi connectivity index (χ4v) is 6.45. The molecule has 0 atom stereocenters. The number of anilines is 1. The lowest BCUT2D eigenvalue weighted by Gasteiger charge is -2.42. The maximum Gasteiger partial charge on any atom is 0.266 e. The van der Waals surface area contributed by atoms with Crippen LogP contribution in [0.25, 0.3) is 11.1 Å². The van der Waals surface area contributed by atoms with E-state index in [1.807, 2.05) is 24.3 Å². The van der Waals surface area contributed by atoms with Gasteiger partial charge in [0, 0.05) is 57.9 Å². The second-order valence-electron chi connectivity index (χ2n) is 7.99. The summed E-state index contributed by atoms with van der Waals surface area (Å²) in [6, 6.07) is 14.1. The molecule has 0 saturated carbocycles. The maximum absolute atomic E-state index is 13.4. The van der Waals surface area contributed by atoms with Crippen molar-refractivity contribution in [1.82, 2.24) is 9.79 Å². The van der Waals surface area contributed by atoms with Gasteiger partial charge in [0.05, 0.1) is 0 Å². The summed E-state index contributed by atoms with van der Waals surface area (Å²) in [5, 5.41) is 9.17. The number of hydroxylamine groups is 1. The maximum atomic E-state index is 13.4. The van der Waals surface area contributed by atoms with E-state index in [0.29, 0.717) is 13.1 Å². The zero-order valence-corrected chi connectivity index (χ0v) is 19.6. The van der Waals surface area contributed by atoms with Gasteiger partial charge in [-0.3, -0.25) is 10.0 Å². The molecule has 2 N–H and O–H groups in total. The zero-order valence-electron chi connectivity index (χ0n) is 17.9. The predicted octanol–water partition coefficient (Wildman–Crippen LogP) is 2.42. The fourth-order valence-electron chi connectivity index (χ4n) is 4.35. The van der Waals surface area contributed by atoms with Crippen molar-refractivity contribution in [3.8, 4) is 11.1 Å². The number of benzene rings is 2. The first-order valence-electron chi connectivity index (χ1n) is 10.5. The molecule has 11 heteroatoms. The normalized spacial score (nSPS) is 18.9. The summed E-state index contributed by atoms with van der Waals surface area (Å²) in [5.41, 5.74) is 4.38. The van der Waals surface area contributed by atoms with E-state index in [1.54, 1.807) is 17.6 Å². The summed E-state index contributed by atoms with van der Waals surface area (Å²) < 4.78 is 44.8. The number of carbonyl (C=O) groups excluding carboxylic acids is 1. The summed E-state index contributed by atoms with van der Waals surface area (Å²) >= 11 is 0. The Kier molecular flexibility index (Phi) is 7.96. The van der Waals surface area contributed by atoms with E-state index in [-0.39, 0.29) is 57.4 Å². The molecule has 0 aromatic heterocycles. The van der Waals surface area contributed by atoms with Crippen LogP contribution in [0.4, 0.5) is 10.1 Å². The van der Waals surface area contributed by atoms with E-state index < -0.39 is 20.7 Å². The Hall–Kier alpha value is -2.24. The Morgan fingerprint density at radius 2 is 1.45 bits per heavy atom. The van der Waals surface area contributed by atoms with E-state index >= 15 is 0 Å². The minimum atomic E-state index is -3.99. The second kappa shape index (κ2) is 10.4. The minimum Gasteiger partial charge on any atom is -0.381 e. The lowest BCUT2D eigenvalue weighted by molar-refractivity contribution is -0.134. The van der Waals surface area contributed by atoms with Gasteiger partial charge < -0.3 is 9.64 Å². The Bertz CT molecular complexity index is 1050. The third kappa shape index (κ3) is 4.85. The van der Waals surface area contributed by atoms with Crippen LogP contribution in [0.2, 0.25) is 0 Å². The van der Waals surface area contributed by atoms with Gasteiger partial charge >= 0.3 is 0 Å². The molecule has 2 aromatic rings. The minimum absolute atomic E-state index is 0. The number of nitrogens with zero attached hydrogens (tertiary/aromatic N) is 2. The van der Waals surface area contributed by atoms with Gasteiger partial charge in [-0.05, 0) is 35.4 Å². The Labute approximate surface area is 198 Å². The number of piperazine rings is 1. The summed E-state index contributed by atoms with van der Waals surface area (Å²) in [4.78, 5) is 14.5. The summed E-state index contributed by atoms with van der Waals surface area (Å²) in [6.45, 7) is 1.72. The molecule has 2 aromatic carbocycles. The molecule has 0 bridgehead atoms. The lowest BCUT2D eigenvalue weighted by Crippen LogP contribution is -2.62. The van der Waals surface area contributed by atoms with Crippen LogP contribution in [-0.2, 0) is 19.6 Å². The van der Waals surface area contributed by atoms with Crippen LogP contribution in [0, 0.1) is 5.82 Å². The number of rotatable bonds is 5. The van der Waals surface area contributed by atoms with Crippen molar-refractivity contribution in [3.63, 3.8) is 0 Å². The van der Waals surface area contributed by atoms with Gasteiger partial charge in [-0.25, -0.2) is 18.3 Å². The van der Waals surface area contributed by atoms with E-state index in [4.69, 9.17) is 4.74 Å². The van der Waals surface area contributed by atoms with Gasteiger partial charge in [0.1, 0.15) is 5.82 Å². The third-order valence-electron chi connectivity index (χ3n) is 6.30. The summed E-state index contributed by atoms with van der Waals surface area (Å²) in [7, 11) is -3.99. The number of hydrogen-bond acceptors (Lipinski definition) is 6. The number of ether oxygens (including phenoxy) is 1. The first-order chi connectivity index (χ1) is 15.4. The van der Waals surface area contributed by atoms with Crippen LogP contribution in [0.1, 0.15) is 12.8 Å². The van der Waals surface area contributed by atoms with Crippen LogP contribution >= 0.6 is 12.4 Å². The van der Waals surface area contributed by atoms with Gasteiger partial charge in [0.15, 0.2) is 4.75 Å². The number of carbonyl (C=O) groups is 1. The molecule has 2 aliphatic rings. The number of amides is 1. The Balaban J connectivity index is 0.00000306. The number of nitrogens with one attached hydrogen (secondary N) is 1. The van der Waals surface area contributed by atoms with Crippen molar-refractivity contribution in [3.05, 3.63) is 54.3 Å². The molecule has 8 nitrogen and oxygen atoms in total. The Morgan fingerprint density at radius 3 is 1.97 bits per heavy atom. The molecule has 4 rings (SSSR count). The molecule has 0 unspecified atom stereocenters. The smallest absolute Gasteiger partial charge is 0.266 e. The molecular weight excluding hydrogens is 473 g/mol. The topological polar surface area (TPSA) is 99.2 Å². The van der Waals surface area contributed by atoms with Crippen LogP contribution in [-0.4, -0.2) is 68.0 Å². The Morgan fingerprint density at radius 1 is 0.939 bits per heavy atom.